The highest BCUT2D eigenvalue weighted by atomic mass is 32.2. The van der Waals surface area contributed by atoms with Crippen molar-refractivity contribution in [1.82, 2.24) is 0 Å². The predicted octanol–water partition coefficient (Wildman–Crippen LogP) is 4.45. The van der Waals surface area contributed by atoms with Crippen LogP contribution in [0.15, 0.2) is 60.7 Å². The molecule has 2 aromatic carbocycles. The third-order valence-corrected chi connectivity index (χ3v) is 4.33. The molecule has 3 rings (SSSR count). The highest BCUT2D eigenvalue weighted by Gasteiger charge is 2.06. The van der Waals surface area contributed by atoms with Crippen LogP contribution in [0.1, 0.15) is 11.1 Å². The number of fused-ring (bicyclic) bond motifs is 2. The van der Waals surface area contributed by atoms with Gasteiger partial charge < -0.3 is 9.47 Å². The van der Waals surface area contributed by atoms with E-state index in [0.717, 1.165) is 23.0 Å². The van der Waals surface area contributed by atoms with Crippen LogP contribution in [0.25, 0.3) is 0 Å². The van der Waals surface area contributed by atoms with Gasteiger partial charge in [-0.25, -0.2) is 0 Å². The van der Waals surface area contributed by atoms with Crippen molar-refractivity contribution in [2.24, 2.45) is 0 Å². The second-order valence-corrected chi connectivity index (χ2v) is 5.79. The smallest absolute Gasteiger partial charge is 0.123 e. The largest absolute Gasteiger partial charge is 0.489 e. The van der Waals surface area contributed by atoms with Gasteiger partial charge in [0.25, 0.3) is 0 Å². The van der Waals surface area contributed by atoms with E-state index in [1.165, 1.54) is 11.1 Å². The summed E-state index contributed by atoms with van der Waals surface area (Å²) in [4.78, 5) is 0. The summed E-state index contributed by atoms with van der Waals surface area (Å²) in [5.41, 5.74) is 2.49. The van der Waals surface area contributed by atoms with Gasteiger partial charge in [-0.2, -0.15) is 11.8 Å². The van der Waals surface area contributed by atoms with Gasteiger partial charge in [0.05, 0.1) is 0 Å². The first kappa shape index (κ1) is 14.1. The molecule has 0 radical (unpaired) electrons. The molecule has 1 aliphatic rings. The lowest BCUT2D eigenvalue weighted by Gasteiger charge is -2.11. The van der Waals surface area contributed by atoms with Crippen LogP contribution in [0.3, 0.4) is 0 Å². The Kier molecular flexibility index (Phi) is 4.85. The van der Waals surface area contributed by atoms with Gasteiger partial charge in [-0.05, 0) is 24.3 Å². The molecule has 0 saturated heterocycles. The van der Waals surface area contributed by atoms with E-state index in [1.807, 2.05) is 48.2 Å². The first-order chi connectivity index (χ1) is 10.4. The minimum Gasteiger partial charge on any atom is -0.489 e. The fourth-order valence-electron chi connectivity index (χ4n) is 2.21. The molecule has 108 valence electrons. The van der Waals surface area contributed by atoms with Crippen molar-refractivity contribution >= 4 is 11.8 Å². The molecule has 1 heterocycles. The lowest BCUT2D eigenvalue weighted by Crippen LogP contribution is -1.98. The van der Waals surface area contributed by atoms with Crippen molar-refractivity contribution in [2.75, 3.05) is 13.2 Å². The standard InChI is InChI=1S/C18H18O2S/c1-3-9-17-15(7-1)13-21-14-16-8-2-4-10-18(16)20-12-6-5-11-19-17/h1-10H,11-14H2/b6-5+. The number of ether oxygens (including phenoxy) is 2. The van der Waals surface area contributed by atoms with Crippen LogP contribution in [-0.4, -0.2) is 13.2 Å². The van der Waals surface area contributed by atoms with Crippen LogP contribution in [0.4, 0.5) is 0 Å². The summed E-state index contributed by atoms with van der Waals surface area (Å²) < 4.78 is 11.6. The van der Waals surface area contributed by atoms with Crippen LogP contribution in [0, 0.1) is 0 Å². The molecule has 0 atom stereocenters. The van der Waals surface area contributed by atoms with Gasteiger partial charge in [0.15, 0.2) is 0 Å². The number of rotatable bonds is 0. The Labute approximate surface area is 129 Å². The zero-order chi connectivity index (χ0) is 14.3. The molecule has 0 amide bonds. The molecule has 2 nitrogen and oxygen atoms in total. The van der Waals surface area contributed by atoms with Crippen molar-refractivity contribution in [3.05, 3.63) is 71.8 Å². The van der Waals surface area contributed by atoms with E-state index in [1.54, 1.807) is 0 Å². The van der Waals surface area contributed by atoms with Crippen molar-refractivity contribution < 1.29 is 9.47 Å². The molecule has 3 heteroatoms. The predicted molar refractivity (Wildman–Crippen MR) is 88.0 cm³/mol. The monoisotopic (exact) mass is 298 g/mol. The maximum absolute atomic E-state index is 5.82. The topological polar surface area (TPSA) is 18.5 Å². The summed E-state index contributed by atoms with van der Waals surface area (Å²) in [6, 6.07) is 16.5. The fraction of sp³-hybridized carbons (Fsp3) is 0.222. The average Bonchev–Trinajstić information content (AvgIpc) is 2.54. The van der Waals surface area contributed by atoms with Crippen LogP contribution in [0.5, 0.6) is 11.5 Å². The minimum absolute atomic E-state index is 0.576. The van der Waals surface area contributed by atoms with E-state index in [2.05, 4.69) is 24.3 Å². The Balaban J connectivity index is 1.82. The van der Waals surface area contributed by atoms with Gasteiger partial charge in [-0.15, -0.1) is 0 Å². The third kappa shape index (κ3) is 3.82. The molecular weight excluding hydrogens is 280 g/mol. The van der Waals surface area contributed by atoms with Crippen LogP contribution < -0.4 is 9.47 Å². The van der Waals surface area contributed by atoms with E-state index in [-0.39, 0.29) is 0 Å². The summed E-state index contributed by atoms with van der Waals surface area (Å²) in [5, 5.41) is 0. The Morgan fingerprint density at radius 2 is 1.14 bits per heavy atom. The first-order valence-corrected chi connectivity index (χ1v) is 8.23. The van der Waals surface area contributed by atoms with Crippen LogP contribution in [0.2, 0.25) is 0 Å². The van der Waals surface area contributed by atoms with Gasteiger partial charge in [0.2, 0.25) is 0 Å². The molecule has 1 aliphatic heterocycles. The Bertz CT molecular complexity index is 569. The van der Waals surface area contributed by atoms with E-state index < -0.39 is 0 Å². The van der Waals surface area contributed by atoms with E-state index >= 15 is 0 Å². The molecule has 0 N–H and O–H groups in total. The highest BCUT2D eigenvalue weighted by molar-refractivity contribution is 7.97. The van der Waals surface area contributed by atoms with Gasteiger partial charge in [-0.1, -0.05) is 36.4 Å². The second kappa shape index (κ2) is 7.23. The van der Waals surface area contributed by atoms with Gasteiger partial charge >= 0.3 is 0 Å². The van der Waals surface area contributed by atoms with E-state index in [4.69, 9.17) is 9.47 Å². The molecule has 21 heavy (non-hydrogen) atoms. The molecule has 0 aromatic heterocycles. The third-order valence-electron chi connectivity index (χ3n) is 3.30. The molecule has 0 unspecified atom stereocenters. The molecule has 0 spiro atoms. The number of hydrogen-bond acceptors (Lipinski definition) is 3. The molecule has 0 aliphatic carbocycles. The van der Waals surface area contributed by atoms with E-state index in [9.17, 15) is 0 Å². The summed E-state index contributed by atoms with van der Waals surface area (Å²) in [7, 11) is 0. The number of para-hydroxylation sites is 2. The molecule has 0 saturated carbocycles. The summed E-state index contributed by atoms with van der Waals surface area (Å²) in [5.74, 6) is 3.83. The lowest BCUT2D eigenvalue weighted by molar-refractivity contribution is 0.348. The average molecular weight is 298 g/mol. The van der Waals surface area contributed by atoms with Gasteiger partial charge in [-0.3, -0.25) is 0 Å². The summed E-state index contributed by atoms with van der Waals surface area (Å²) in [6.45, 7) is 1.15. The molecule has 0 fully saturated rings. The van der Waals surface area contributed by atoms with Gasteiger partial charge in [0, 0.05) is 22.6 Å². The van der Waals surface area contributed by atoms with Crippen molar-refractivity contribution in [3.63, 3.8) is 0 Å². The van der Waals surface area contributed by atoms with Crippen LogP contribution in [-0.2, 0) is 11.5 Å². The van der Waals surface area contributed by atoms with Crippen LogP contribution >= 0.6 is 11.8 Å². The number of benzene rings is 2. The van der Waals surface area contributed by atoms with Crippen molar-refractivity contribution in [1.29, 1.82) is 0 Å². The molecular formula is C18H18O2S. The lowest BCUT2D eigenvalue weighted by atomic mass is 10.2. The summed E-state index contributed by atoms with van der Waals surface area (Å²) in [6.07, 6.45) is 4.01. The summed E-state index contributed by atoms with van der Waals surface area (Å²) >= 11 is 1.88. The van der Waals surface area contributed by atoms with Crippen molar-refractivity contribution in [3.8, 4) is 11.5 Å². The van der Waals surface area contributed by atoms with Crippen molar-refractivity contribution in [2.45, 2.75) is 11.5 Å². The number of thioether (sulfide) groups is 1. The zero-order valence-electron chi connectivity index (χ0n) is 11.8. The Morgan fingerprint density at radius 3 is 1.67 bits per heavy atom. The fourth-order valence-corrected chi connectivity index (χ4v) is 3.23. The maximum Gasteiger partial charge on any atom is 0.123 e. The highest BCUT2D eigenvalue weighted by Crippen LogP contribution is 2.28. The zero-order valence-corrected chi connectivity index (χ0v) is 12.6. The molecule has 0 bridgehead atoms. The minimum atomic E-state index is 0.576. The van der Waals surface area contributed by atoms with Gasteiger partial charge in [0.1, 0.15) is 24.7 Å². The Hall–Kier alpha value is -1.87. The first-order valence-electron chi connectivity index (χ1n) is 7.07. The van der Waals surface area contributed by atoms with E-state index in [0.29, 0.717) is 13.2 Å². The molecule has 2 aromatic rings. The SMILES string of the molecule is C1=C/COc2ccccc2CSCc2ccccc2OC/1. The normalized spacial score (nSPS) is 16.8. The number of hydrogen-bond donors (Lipinski definition) is 0. The maximum atomic E-state index is 5.82. The quantitative estimate of drug-likeness (QED) is 0.670. The Morgan fingerprint density at radius 1 is 0.667 bits per heavy atom. The second-order valence-electron chi connectivity index (χ2n) is 4.80.